The van der Waals surface area contributed by atoms with Crippen molar-refractivity contribution < 1.29 is 34.8 Å². The number of alkyl halides is 6. The van der Waals surface area contributed by atoms with Gasteiger partial charge in [-0.2, -0.15) is 31.6 Å². The molecule has 48 heavy (non-hydrogen) atoms. The maximum absolute atomic E-state index is 14.0. The Bertz CT molecular complexity index is 2040. The highest BCUT2D eigenvalue weighted by Gasteiger charge is 2.33. The zero-order chi connectivity index (χ0) is 34.7. The fourth-order valence-corrected chi connectivity index (χ4v) is 6.95. The molecule has 0 radical (unpaired) electrons. The molecule has 5 aromatic rings. The molecule has 4 aromatic carbocycles. The molecule has 20 heteroatoms. The molecule has 0 aliphatic heterocycles. The number of benzene rings is 4. The van der Waals surface area contributed by atoms with E-state index in [0.717, 1.165) is 40.5 Å². The van der Waals surface area contributed by atoms with Crippen molar-refractivity contribution in [2.24, 2.45) is 16.2 Å². The maximum atomic E-state index is 14.0. The Morgan fingerprint density at radius 1 is 0.854 bits per heavy atom. The van der Waals surface area contributed by atoms with Crippen LogP contribution in [0.2, 0.25) is 0 Å². The van der Waals surface area contributed by atoms with E-state index in [-0.39, 0.29) is 23.9 Å². The molecule has 1 aromatic heterocycles. The first-order valence-electron chi connectivity index (χ1n) is 13.4. The number of hydrogen-bond acceptors (Lipinski definition) is 9. The molecule has 0 bridgehead atoms. The quantitative estimate of drug-likeness (QED) is 0.0277. The average molecular weight is 709 g/mol. The van der Waals surface area contributed by atoms with Crippen LogP contribution in [-0.4, -0.2) is 41.4 Å². The van der Waals surface area contributed by atoms with Crippen molar-refractivity contribution in [1.82, 2.24) is 20.6 Å². The summed E-state index contributed by atoms with van der Waals surface area (Å²) in [5.41, 5.74) is -1.39. The van der Waals surface area contributed by atoms with Crippen LogP contribution in [-0.2, 0) is 28.9 Å². The number of fused-ring (bicyclic) bond motifs is 1. The van der Waals surface area contributed by atoms with Gasteiger partial charge in [-0.25, -0.2) is 8.42 Å². The van der Waals surface area contributed by atoms with Gasteiger partial charge >= 0.3 is 12.4 Å². The third kappa shape index (κ3) is 7.49. The van der Waals surface area contributed by atoms with Gasteiger partial charge in [0.2, 0.25) is 0 Å². The second-order valence-corrected chi connectivity index (χ2v) is 12.8. The summed E-state index contributed by atoms with van der Waals surface area (Å²) in [6.45, 7) is -0.694. The minimum atomic E-state index is -4.69. The van der Waals surface area contributed by atoms with Gasteiger partial charge in [0, 0.05) is 15.7 Å². The molecule has 0 saturated carbocycles. The van der Waals surface area contributed by atoms with E-state index in [4.69, 9.17) is 11.3 Å². The van der Waals surface area contributed by atoms with Gasteiger partial charge in [0.05, 0.1) is 40.5 Å². The molecule has 12 nitrogen and oxygen atoms in total. The Morgan fingerprint density at radius 2 is 1.42 bits per heavy atom. The molecule has 0 saturated heterocycles. The number of nitrogens with two attached hydrogens (primary N) is 1. The minimum Gasteiger partial charge on any atom is -0.305 e. The first kappa shape index (κ1) is 34.1. The smallest absolute Gasteiger partial charge is 0.305 e. The summed E-state index contributed by atoms with van der Waals surface area (Å²) >= 11 is 0.980. The molecule has 250 valence electrons. The van der Waals surface area contributed by atoms with Crippen LogP contribution >= 0.6 is 11.9 Å². The predicted octanol–water partition coefficient (Wildman–Crippen LogP) is 6.60. The van der Waals surface area contributed by atoms with Crippen LogP contribution in [0.3, 0.4) is 0 Å². The van der Waals surface area contributed by atoms with Gasteiger partial charge in [-0.05, 0) is 72.6 Å². The number of sulfonamides is 1. The molecule has 0 amide bonds. The zero-order valence-corrected chi connectivity index (χ0v) is 25.7. The molecule has 0 aliphatic carbocycles. The lowest BCUT2D eigenvalue weighted by molar-refractivity contribution is -0.138. The van der Waals surface area contributed by atoms with Gasteiger partial charge in [0.1, 0.15) is 0 Å². The Balaban J connectivity index is 1.62. The molecular weight excluding hydrogens is 686 g/mol. The Morgan fingerprint density at radius 3 is 1.96 bits per heavy atom. The van der Waals surface area contributed by atoms with E-state index in [0.29, 0.717) is 33.5 Å². The Kier molecular flexibility index (Phi) is 9.57. The van der Waals surface area contributed by atoms with Crippen molar-refractivity contribution in [2.45, 2.75) is 28.7 Å². The summed E-state index contributed by atoms with van der Waals surface area (Å²) in [5, 5.41) is 29.0. The fraction of sp³-hybridized carbons (Fsp3) is 0.143. The van der Waals surface area contributed by atoms with Crippen LogP contribution in [0.25, 0.3) is 10.8 Å². The fourth-order valence-electron chi connectivity index (χ4n) is 4.56. The molecule has 5 rings (SSSR count). The van der Waals surface area contributed by atoms with Crippen LogP contribution in [0.4, 0.5) is 37.7 Å². The summed E-state index contributed by atoms with van der Waals surface area (Å²) < 4.78 is 110. The number of anilines is 2. The number of amidine groups is 1. The molecule has 1 heterocycles. The highest BCUT2D eigenvalue weighted by atomic mass is 32.2. The average Bonchev–Trinajstić information content (AvgIpc) is 3.56. The predicted molar refractivity (Wildman–Crippen MR) is 164 cm³/mol. The molecule has 0 aliphatic rings. The standard InChI is InChI=1S/C28H22F6N10O2S2/c29-27(30,31)17-5-9-19(10-6-17)47-43(15-25(35)37-40-36)23-13-14-24(22-4-2-1-3-21(22)23)44(16-26-38-41-42-39-26)48(45,46)20-11-7-18(8-12-20)28(32,33)34/h1-14H,15-16H2,(H3,35,36,37)(H,38,39,41,42). The summed E-state index contributed by atoms with van der Waals surface area (Å²) in [5.74, 6) is 4.78. The first-order chi connectivity index (χ1) is 22.7. The SMILES string of the molecule is N=C(CN(Sc1ccc(C(F)(F)F)cc1)c1ccc(N(Cc2nn[nH]n2)S(=O)(=O)c2ccc(C(F)(F)F)cc2)c2ccccc12)N=NN. The normalized spacial score (nSPS) is 12.5. The molecular formula is C28H22F6N10O2S2. The molecule has 4 N–H and O–H groups in total. The van der Waals surface area contributed by atoms with E-state index in [2.05, 4.69) is 31.0 Å². The van der Waals surface area contributed by atoms with E-state index in [9.17, 15) is 34.8 Å². The zero-order valence-electron chi connectivity index (χ0n) is 24.1. The van der Waals surface area contributed by atoms with E-state index < -0.39 is 44.9 Å². The monoisotopic (exact) mass is 708 g/mol. The summed E-state index contributed by atoms with van der Waals surface area (Å²) in [6.07, 6.45) is -9.24. The second kappa shape index (κ2) is 13.5. The van der Waals surface area contributed by atoms with Crippen LogP contribution in [0.5, 0.6) is 0 Å². The van der Waals surface area contributed by atoms with Crippen LogP contribution in [0.15, 0.2) is 105 Å². The van der Waals surface area contributed by atoms with Gasteiger partial charge in [-0.3, -0.25) is 9.71 Å². The Hall–Kier alpha value is -5.24. The third-order valence-electron chi connectivity index (χ3n) is 6.73. The highest BCUT2D eigenvalue weighted by Crippen LogP contribution is 2.41. The summed E-state index contributed by atoms with van der Waals surface area (Å²) in [6, 6.07) is 16.9. The number of nitrogens with one attached hydrogen (secondary N) is 2. The number of nitrogens with zero attached hydrogens (tertiary/aromatic N) is 7. The van der Waals surface area contributed by atoms with Crippen molar-refractivity contribution in [3.63, 3.8) is 0 Å². The maximum Gasteiger partial charge on any atom is 0.416 e. The van der Waals surface area contributed by atoms with Crippen LogP contribution < -0.4 is 14.5 Å². The van der Waals surface area contributed by atoms with E-state index >= 15 is 0 Å². The summed E-state index contributed by atoms with van der Waals surface area (Å²) in [7, 11) is -4.55. The molecule has 0 atom stereocenters. The van der Waals surface area contributed by atoms with E-state index in [1.165, 1.54) is 24.3 Å². The topological polar surface area (TPSA) is 170 Å². The van der Waals surface area contributed by atoms with Crippen molar-refractivity contribution in [3.05, 3.63) is 102 Å². The van der Waals surface area contributed by atoms with Crippen molar-refractivity contribution in [1.29, 1.82) is 5.41 Å². The number of aromatic nitrogens is 4. The van der Waals surface area contributed by atoms with Crippen molar-refractivity contribution >= 4 is 50.0 Å². The van der Waals surface area contributed by atoms with Crippen LogP contribution in [0.1, 0.15) is 17.0 Å². The number of tetrazole rings is 1. The molecule has 0 fully saturated rings. The highest BCUT2D eigenvalue weighted by molar-refractivity contribution is 8.00. The number of aromatic amines is 1. The van der Waals surface area contributed by atoms with Gasteiger partial charge in [0.25, 0.3) is 10.0 Å². The lowest BCUT2D eigenvalue weighted by Crippen LogP contribution is -2.31. The van der Waals surface area contributed by atoms with Crippen molar-refractivity contribution in [3.8, 4) is 0 Å². The second-order valence-electron chi connectivity index (χ2n) is 9.82. The van der Waals surface area contributed by atoms with Gasteiger partial charge in [-0.1, -0.05) is 34.7 Å². The lowest BCUT2D eigenvalue weighted by Gasteiger charge is -2.28. The number of hydrogen-bond donors (Lipinski definition) is 3. The number of H-pyrrole nitrogens is 1. The third-order valence-corrected chi connectivity index (χ3v) is 9.53. The van der Waals surface area contributed by atoms with E-state index in [1.807, 2.05) is 0 Å². The lowest BCUT2D eigenvalue weighted by atomic mass is 10.1. The van der Waals surface area contributed by atoms with Crippen LogP contribution in [0, 0.1) is 5.41 Å². The molecule has 0 spiro atoms. The summed E-state index contributed by atoms with van der Waals surface area (Å²) in [4.78, 5) is -0.0653. The van der Waals surface area contributed by atoms with Gasteiger partial charge in [-0.15, -0.1) is 15.3 Å². The van der Waals surface area contributed by atoms with Gasteiger partial charge < -0.3 is 10.1 Å². The first-order valence-corrected chi connectivity index (χ1v) is 15.6. The van der Waals surface area contributed by atoms with Gasteiger partial charge in [0.15, 0.2) is 11.7 Å². The molecule has 0 unspecified atom stereocenters. The number of rotatable bonds is 10. The van der Waals surface area contributed by atoms with Crippen molar-refractivity contribution in [2.75, 3.05) is 15.2 Å². The Labute approximate surface area is 272 Å². The minimum absolute atomic E-state index is 0.0428. The largest absolute Gasteiger partial charge is 0.416 e. The van der Waals surface area contributed by atoms with E-state index in [1.54, 1.807) is 28.6 Å². The number of halogens is 6.